The van der Waals surface area contributed by atoms with E-state index in [1.54, 1.807) is 0 Å². The Hall–Kier alpha value is -0.0800. The fourth-order valence-corrected chi connectivity index (χ4v) is 1.66. The van der Waals surface area contributed by atoms with Crippen molar-refractivity contribution < 1.29 is 5.11 Å². The van der Waals surface area contributed by atoms with E-state index in [1.165, 1.54) is 19.3 Å². The Morgan fingerprint density at radius 3 is 2.64 bits per heavy atom. The molecule has 0 radical (unpaired) electrons. The fraction of sp³-hybridized carbons (Fsp3) is 1.00. The van der Waals surface area contributed by atoms with E-state index in [2.05, 4.69) is 12.2 Å². The second-order valence-corrected chi connectivity index (χ2v) is 3.69. The quantitative estimate of drug-likeness (QED) is 0.641. The van der Waals surface area contributed by atoms with Gasteiger partial charge in [-0.05, 0) is 25.7 Å². The fourth-order valence-electron chi connectivity index (χ4n) is 1.66. The summed E-state index contributed by atoms with van der Waals surface area (Å²) < 4.78 is 0. The summed E-state index contributed by atoms with van der Waals surface area (Å²) >= 11 is 0. The molecule has 2 heteroatoms. The minimum absolute atomic E-state index is 0.257. The molecule has 2 nitrogen and oxygen atoms in total. The van der Waals surface area contributed by atoms with Gasteiger partial charge < -0.3 is 10.4 Å². The van der Waals surface area contributed by atoms with Crippen molar-refractivity contribution >= 4 is 0 Å². The van der Waals surface area contributed by atoms with Crippen LogP contribution in [0.3, 0.4) is 0 Å². The van der Waals surface area contributed by atoms with Crippen LogP contribution in [0.25, 0.3) is 0 Å². The summed E-state index contributed by atoms with van der Waals surface area (Å²) in [4.78, 5) is 0. The monoisotopic (exact) mass is 157 g/mol. The summed E-state index contributed by atoms with van der Waals surface area (Å²) in [5.74, 6) is 0.943. The van der Waals surface area contributed by atoms with E-state index in [9.17, 15) is 0 Å². The highest BCUT2D eigenvalue weighted by molar-refractivity contribution is 4.85. The first kappa shape index (κ1) is 9.01. The molecule has 1 atom stereocenters. The van der Waals surface area contributed by atoms with E-state index in [-0.39, 0.29) is 12.6 Å². The minimum Gasteiger partial charge on any atom is -0.395 e. The van der Waals surface area contributed by atoms with Crippen LogP contribution >= 0.6 is 0 Å². The Morgan fingerprint density at radius 1 is 1.55 bits per heavy atom. The van der Waals surface area contributed by atoms with Crippen LogP contribution in [0.5, 0.6) is 0 Å². The van der Waals surface area contributed by atoms with E-state index in [0.717, 1.165) is 5.92 Å². The Kier molecular flexibility index (Phi) is 3.34. The number of aliphatic hydroxyl groups excluding tert-OH is 1. The van der Waals surface area contributed by atoms with Gasteiger partial charge in [0.05, 0.1) is 6.61 Å². The van der Waals surface area contributed by atoms with Gasteiger partial charge in [0.1, 0.15) is 0 Å². The lowest BCUT2D eigenvalue weighted by atomic mass is 9.78. The summed E-state index contributed by atoms with van der Waals surface area (Å²) in [7, 11) is 0. The molecule has 1 aliphatic rings. The van der Waals surface area contributed by atoms with Crippen LogP contribution in [0, 0.1) is 5.92 Å². The van der Waals surface area contributed by atoms with Gasteiger partial charge in [-0.3, -0.25) is 0 Å². The van der Waals surface area contributed by atoms with Crippen molar-refractivity contribution in [1.29, 1.82) is 0 Å². The minimum atomic E-state index is 0.257. The van der Waals surface area contributed by atoms with Crippen LogP contribution in [-0.4, -0.2) is 23.8 Å². The van der Waals surface area contributed by atoms with Crippen molar-refractivity contribution in [3.8, 4) is 0 Å². The molecule has 0 aromatic rings. The Morgan fingerprint density at radius 2 is 2.18 bits per heavy atom. The molecule has 1 aliphatic carbocycles. The van der Waals surface area contributed by atoms with Crippen LogP contribution < -0.4 is 5.32 Å². The zero-order chi connectivity index (χ0) is 8.27. The second kappa shape index (κ2) is 4.07. The Labute approximate surface area is 69.0 Å². The van der Waals surface area contributed by atoms with Crippen LogP contribution in [0.2, 0.25) is 0 Å². The summed E-state index contributed by atoms with van der Waals surface area (Å²) in [5.41, 5.74) is 0. The van der Waals surface area contributed by atoms with Crippen molar-refractivity contribution in [2.24, 2.45) is 5.92 Å². The lowest BCUT2D eigenvalue weighted by Crippen LogP contribution is -2.46. The largest absolute Gasteiger partial charge is 0.395 e. The normalized spacial score (nSPS) is 33.0. The molecule has 0 saturated heterocycles. The first-order chi connectivity index (χ1) is 5.26. The molecule has 11 heavy (non-hydrogen) atoms. The molecule has 2 N–H and O–H groups in total. The molecular formula is C9H19NO. The Balaban J connectivity index is 2.04. The number of nitrogens with one attached hydrogen (secondary N) is 1. The third-order valence-electron chi connectivity index (χ3n) is 2.61. The zero-order valence-corrected chi connectivity index (χ0v) is 7.51. The first-order valence-corrected chi connectivity index (χ1v) is 4.63. The van der Waals surface area contributed by atoms with Gasteiger partial charge in [0, 0.05) is 12.1 Å². The Bertz CT molecular complexity index is 110. The third-order valence-corrected chi connectivity index (χ3v) is 2.61. The number of hydrogen-bond acceptors (Lipinski definition) is 2. The molecule has 0 heterocycles. The van der Waals surface area contributed by atoms with Gasteiger partial charge in [0.25, 0.3) is 0 Å². The van der Waals surface area contributed by atoms with Crippen molar-refractivity contribution in [2.45, 2.75) is 45.2 Å². The molecular weight excluding hydrogens is 138 g/mol. The first-order valence-electron chi connectivity index (χ1n) is 4.63. The maximum atomic E-state index is 8.76. The molecule has 0 spiro atoms. The number of rotatable bonds is 4. The summed E-state index contributed by atoms with van der Waals surface area (Å²) in [6.07, 6.45) is 3.92. The molecule has 0 aromatic heterocycles. The summed E-state index contributed by atoms with van der Waals surface area (Å²) in [6, 6.07) is 0.958. The maximum absolute atomic E-state index is 8.76. The topological polar surface area (TPSA) is 32.3 Å². The summed E-state index contributed by atoms with van der Waals surface area (Å²) in [6.45, 7) is 4.53. The predicted octanol–water partition coefficient (Wildman–Crippen LogP) is 1.15. The van der Waals surface area contributed by atoms with E-state index in [4.69, 9.17) is 5.11 Å². The van der Waals surface area contributed by atoms with E-state index < -0.39 is 0 Å². The van der Waals surface area contributed by atoms with Crippen LogP contribution in [0.1, 0.15) is 33.1 Å². The molecule has 0 bridgehead atoms. The van der Waals surface area contributed by atoms with Crippen LogP contribution in [0.4, 0.5) is 0 Å². The molecule has 1 fully saturated rings. The lowest BCUT2D eigenvalue weighted by Gasteiger charge is -2.37. The van der Waals surface area contributed by atoms with Gasteiger partial charge in [0.15, 0.2) is 0 Å². The standard InChI is InChI=1S/C9H19NO/c1-3-8-4-9(5-8)10-7(2)6-11/h7-11H,3-6H2,1-2H3/t7-,8?,9?/m0/s1. The van der Waals surface area contributed by atoms with Gasteiger partial charge in [-0.25, -0.2) is 0 Å². The number of aliphatic hydroxyl groups is 1. The molecule has 1 rings (SSSR count). The average Bonchev–Trinajstić information content (AvgIpc) is 1.95. The molecule has 1 saturated carbocycles. The SMILES string of the molecule is CCC1CC(N[C@@H](C)CO)C1. The van der Waals surface area contributed by atoms with Crippen molar-refractivity contribution in [1.82, 2.24) is 5.32 Å². The summed E-state index contributed by atoms with van der Waals surface area (Å²) in [5, 5.41) is 12.1. The highest BCUT2D eigenvalue weighted by Gasteiger charge is 2.27. The van der Waals surface area contributed by atoms with E-state index >= 15 is 0 Å². The molecule has 66 valence electrons. The van der Waals surface area contributed by atoms with Gasteiger partial charge >= 0.3 is 0 Å². The van der Waals surface area contributed by atoms with Crippen LogP contribution in [-0.2, 0) is 0 Å². The molecule has 0 aromatic carbocycles. The van der Waals surface area contributed by atoms with Gasteiger partial charge in [-0.15, -0.1) is 0 Å². The van der Waals surface area contributed by atoms with Crippen molar-refractivity contribution in [2.75, 3.05) is 6.61 Å². The predicted molar refractivity (Wildman–Crippen MR) is 46.5 cm³/mol. The average molecular weight is 157 g/mol. The molecule has 0 unspecified atom stereocenters. The third kappa shape index (κ3) is 2.46. The van der Waals surface area contributed by atoms with Gasteiger partial charge in [0.2, 0.25) is 0 Å². The highest BCUT2D eigenvalue weighted by atomic mass is 16.3. The number of hydrogen-bond donors (Lipinski definition) is 2. The molecule has 0 aliphatic heterocycles. The smallest absolute Gasteiger partial charge is 0.0582 e. The van der Waals surface area contributed by atoms with E-state index in [0.29, 0.717) is 6.04 Å². The zero-order valence-electron chi connectivity index (χ0n) is 7.51. The highest BCUT2D eigenvalue weighted by Crippen LogP contribution is 2.29. The van der Waals surface area contributed by atoms with E-state index in [1.807, 2.05) is 6.92 Å². The van der Waals surface area contributed by atoms with Crippen molar-refractivity contribution in [3.05, 3.63) is 0 Å². The maximum Gasteiger partial charge on any atom is 0.0582 e. The lowest BCUT2D eigenvalue weighted by molar-refractivity contribution is 0.172. The second-order valence-electron chi connectivity index (χ2n) is 3.69. The van der Waals surface area contributed by atoms with Crippen LogP contribution in [0.15, 0.2) is 0 Å². The molecule has 0 amide bonds. The van der Waals surface area contributed by atoms with Crippen molar-refractivity contribution in [3.63, 3.8) is 0 Å². The van der Waals surface area contributed by atoms with Gasteiger partial charge in [-0.1, -0.05) is 13.3 Å². The van der Waals surface area contributed by atoms with Gasteiger partial charge in [-0.2, -0.15) is 0 Å².